The van der Waals surface area contributed by atoms with Crippen molar-refractivity contribution in [2.24, 2.45) is 0 Å². The molecular weight excluding hydrogens is 692 g/mol. The minimum absolute atomic E-state index is 0.0978. The van der Waals surface area contributed by atoms with Gasteiger partial charge in [-0.2, -0.15) is 18.3 Å². The highest BCUT2D eigenvalue weighted by Crippen LogP contribution is 2.46. The number of ether oxygens (including phenoxy) is 4. The van der Waals surface area contributed by atoms with Gasteiger partial charge in [0.05, 0.1) is 35.4 Å². The van der Waals surface area contributed by atoms with Crippen LogP contribution in [0.4, 0.5) is 13.2 Å². The van der Waals surface area contributed by atoms with Gasteiger partial charge >= 0.3 is 6.18 Å². The van der Waals surface area contributed by atoms with E-state index in [1.165, 1.54) is 35.3 Å². The summed E-state index contributed by atoms with van der Waals surface area (Å²) in [7, 11) is 1.49. The van der Waals surface area contributed by atoms with Crippen molar-refractivity contribution in [3.63, 3.8) is 0 Å². The first kappa shape index (κ1) is 32.9. The van der Waals surface area contributed by atoms with Crippen molar-refractivity contribution >= 4 is 40.1 Å². The van der Waals surface area contributed by atoms with Gasteiger partial charge in [0.25, 0.3) is 0 Å². The fraction of sp³-hybridized carbons (Fsp3) is 0.312. The van der Waals surface area contributed by atoms with E-state index in [9.17, 15) is 13.2 Å². The molecule has 0 radical (unpaired) electrons. The highest BCUT2D eigenvalue weighted by molar-refractivity contribution is 7.13. The third-order valence-electron chi connectivity index (χ3n) is 8.17. The van der Waals surface area contributed by atoms with Gasteiger partial charge in [-0.3, -0.25) is 0 Å². The molecule has 3 aromatic heterocycles. The lowest BCUT2D eigenvalue weighted by Gasteiger charge is -2.49. The van der Waals surface area contributed by atoms with Crippen LogP contribution < -0.4 is 0 Å². The van der Waals surface area contributed by atoms with Crippen LogP contribution in [0.1, 0.15) is 47.9 Å². The van der Waals surface area contributed by atoms with E-state index in [2.05, 4.69) is 27.0 Å². The largest absolute Gasteiger partial charge is 0.418 e. The Labute approximate surface area is 286 Å². The number of fused-ring (bicyclic) bond motifs is 1. The molecule has 250 valence electrons. The Morgan fingerprint density at radius 1 is 1.10 bits per heavy atom. The van der Waals surface area contributed by atoms with E-state index in [0.717, 1.165) is 11.6 Å². The zero-order chi connectivity index (χ0) is 33.7. The number of hydrogen-bond donors (Lipinski definition) is 0. The number of nitrogens with zero attached hydrogens (tertiary/aromatic N) is 6. The van der Waals surface area contributed by atoms with Crippen LogP contribution in [0.15, 0.2) is 72.8 Å². The molecule has 4 unspecified atom stereocenters. The molecule has 0 N–H and O–H groups in total. The number of allylic oxidation sites excluding steroid dienone is 1. The molecule has 16 heteroatoms. The van der Waals surface area contributed by atoms with Crippen molar-refractivity contribution in [3.8, 4) is 16.4 Å². The Morgan fingerprint density at radius 3 is 2.58 bits per heavy atom. The number of halogens is 5. The van der Waals surface area contributed by atoms with Crippen LogP contribution in [0.25, 0.3) is 22.0 Å². The van der Waals surface area contributed by atoms with E-state index in [4.69, 9.17) is 42.1 Å². The van der Waals surface area contributed by atoms with E-state index in [1.807, 2.05) is 30.3 Å². The maximum absolute atomic E-state index is 14.4. The second-order valence-electron chi connectivity index (χ2n) is 11.3. The van der Waals surface area contributed by atoms with Crippen LogP contribution in [0, 0.1) is 0 Å². The molecular formula is C32H27Cl2F3N6O4S. The van der Waals surface area contributed by atoms with Crippen molar-refractivity contribution in [1.82, 2.24) is 29.8 Å². The van der Waals surface area contributed by atoms with Gasteiger partial charge in [-0.1, -0.05) is 65.3 Å². The van der Waals surface area contributed by atoms with Crippen molar-refractivity contribution in [1.29, 1.82) is 0 Å². The highest BCUT2D eigenvalue weighted by atomic mass is 35.5. The Bertz CT molecular complexity index is 1950. The summed E-state index contributed by atoms with van der Waals surface area (Å²) < 4.78 is 71.3. The van der Waals surface area contributed by atoms with Gasteiger partial charge in [-0.15, -0.1) is 16.4 Å². The third-order valence-corrected chi connectivity index (χ3v) is 9.59. The normalized spacial score (nSPS) is 24.4. The van der Waals surface area contributed by atoms with Crippen molar-refractivity contribution in [2.75, 3.05) is 13.7 Å². The number of thiazole rings is 1. The number of hydrogen-bond acceptors (Lipinski definition) is 9. The maximum atomic E-state index is 14.4. The lowest BCUT2D eigenvalue weighted by molar-refractivity contribution is -0.320. The SMILES string of the molecule is C=C(C)c1cc([C@@H]2OC3COC(c4ccccc4)O[C@@H]3C(n3cc(-c4nc(Cl)cs4)nn3)C2OC)n(-c2cc(Cl)ccc2C(F)(F)F)n1. The molecule has 2 aliphatic heterocycles. The van der Waals surface area contributed by atoms with E-state index in [0.29, 0.717) is 27.1 Å². The van der Waals surface area contributed by atoms with Crippen molar-refractivity contribution in [3.05, 3.63) is 105 Å². The summed E-state index contributed by atoms with van der Waals surface area (Å²) in [5.74, 6) is 0. The Balaban J connectivity index is 1.36. The number of benzene rings is 2. The molecule has 0 aliphatic carbocycles. The second kappa shape index (κ2) is 13.0. The molecule has 10 nitrogen and oxygen atoms in total. The van der Waals surface area contributed by atoms with E-state index >= 15 is 0 Å². The number of rotatable bonds is 7. The van der Waals surface area contributed by atoms with Gasteiger partial charge in [-0.25, -0.2) is 14.3 Å². The smallest absolute Gasteiger partial charge is 0.376 e. The van der Waals surface area contributed by atoms with Gasteiger partial charge in [-0.05, 0) is 36.8 Å². The summed E-state index contributed by atoms with van der Waals surface area (Å²) in [5.41, 5.74) is 1.22. The topological polar surface area (TPSA) is 98.3 Å². The van der Waals surface area contributed by atoms with Gasteiger partial charge < -0.3 is 18.9 Å². The predicted octanol–water partition coefficient (Wildman–Crippen LogP) is 7.76. The monoisotopic (exact) mass is 718 g/mol. The molecule has 2 saturated heterocycles. The second-order valence-corrected chi connectivity index (χ2v) is 13.0. The van der Waals surface area contributed by atoms with Crippen LogP contribution >= 0.6 is 34.5 Å². The van der Waals surface area contributed by atoms with Crippen LogP contribution in [-0.2, 0) is 25.1 Å². The van der Waals surface area contributed by atoms with Crippen LogP contribution in [0.3, 0.4) is 0 Å². The summed E-state index contributed by atoms with van der Waals surface area (Å²) in [4.78, 5) is 4.31. The molecule has 7 rings (SSSR count). The minimum atomic E-state index is -4.71. The van der Waals surface area contributed by atoms with Gasteiger partial charge in [0.15, 0.2) is 6.29 Å². The highest BCUT2D eigenvalue weighted by Gasteiger charge is 2.53. The average Bonchev–Trinajstić information content (AvgIpc) is 3.83. The predicted molar refractivity (Wildman–Crippen MR) is 172 cm³/mol. The lowest BCUT2D eigenvalue weighted by atomic mass is 9.89. The number of methoxy groups -OCH3 is 1. The summed E-state index contributed by atoms with van der Waals surface area (Å²) in [6.07, 6.45) is -6.99. The Kier molecular flexibility index (Phi) is 8.91. The van der Waals surface area contributed by atoms with Crippen molar-refractivity contribution in [2.45, 2.75) is 49.8 Å². The van der Waals surface area contributed by atoms with Crippen LogP contribution in [-0.4, -0.2) is 61.8 Å². The molecule has 2 aliphatic rings. The fourth-order valence-electron chi connectivity index (χ4n) is 5.99. The van der Waals surface area contributed by atoms with Crippen LogP contribution in [0.2, 0.25) is 10.2 Å². The molecule has 0 saturated carbocycles. The molecule has 5 heterocycles. The van der Waals surface area contributed by atoms with E-state index in [1.54, 1.807) is 29.2 Å². The molecule has 48 heavy (non-hydrogen) atoms. The first-order valence-corrected chi connectivity index (χ1v) is 16.3. The molecule has 0 spiro atoms. The summed E-state index contributed by atoms with van der Waals surface area (Å²) in [6.45, 7) is 5.78. The molecule has 5 aromatic rings. The number of aromatic nitrogens is 6. The van der Waals surface area contributed by atoms with E-state index < -0.39 is 48.5 Å². The first-order chi connectivity index (χ1) is 23.0. The van der Waals surface area contributed by atoms with Gasteiger partial charge in [0.2, 0.25) is 0 Å². The molecule has 2 fully saturated rings. The lowest BCUT2D eigenvalue weighted by Crippen LogP contribution is -2.57. The molecule has 0 bridgehead atoms. The average molecular weight is 720 g/mol. The van der Waals surface area contributed by atoms with Crippen LogP contribution in [0.5, 0.6) is 0 Å². The molecule has 0 amide bonds. The summed E-state index contributed by atoms with van der Waals surface area (Å²) in [5, 5.41) is 16.0. The summed E-state index contributed by atoms with van der Waals surface area (Å²) >= 11 is 13.6. The maximum Gasteiger partial charge on any atom is 0.418 e. The van der Waals surface area contributed by atoms with Gasteiger partial charge in [0, 0.05) is 23.1 Å². The standard InChI is InChI=1S/C32H27Cl2F3N6O4S/c1-16(2)20-12-23(43(40-20)22-11-18(33)9-10-19(22)32(35,36)37)27-29(44-3)26(42-13-21(39-41-42)30-38-25(34)15-48-30)28-24(46-27)14-45-31(47-28)17-7-5-4-6-8-17/h4-13,15,24,26-29,31H,1,14H2,2-3H3/t24?,26?,27-,28-,29?,31?/m0/s1. The molecule has 2 aromatic carbocycles. The zero-order valence-electron chi connectivity index (χ0n) is 25.3. The Morgan fingerprint density at radius 2 is 1.90 bits per heavy atom. The van der Waals surface area contributed by atoms with Crippen molar-refractivity contribution < 1.29 is 32.1 Å². The third kappa shape index (κ3) is 6.17. The van der Waals surface area contributed by atoms with Gasteiger partial charge in [0.1, 0.15) is 46.3 Å². The molecule has 6 atom stereocenters. The number of alkyl halides is 3. The summed E-state index contributed by atoms with van der Waals surface area (Å²) in [6, 6.07) is 13.7. The van der Waals surface area contributed by atoms with E-state index in [-0.39, 0.29) is 23.0 Å². The minimum Gasteiger partial charge on any atom is -0.376 e. The first-order valence-electron chi connectivity index (χ1n) is 14.7. The fourth-order valence-corrected chi connectivity index (χ4v) is 7.06. The zero-order valence-corrected chi connectivity index (χ0v) is 27.7. The quantitative estimate of drug-likeness (QED) is 0.169. The Hall–Kier alpha value is -3.63.